The average molecular weight is 504 g/mol. The van der Waals surface area contributed by atoms with E-state index >= 15 is 0 Å². The summed E-state index contributed by atoms with van der Waals surface area (Å²) in [5.41, 5.74) is 15.7. The van der Waals surface area contributed by atoms with Gasteiger partial charge in [-0.3, -0.25) is 33.6 Å². The Morgan fingerprint density at radius 2 is 0.971 bits per heavy atom. The van der Waals surface area contributed by atoms with Crippen molar-refractivity contribution < 1.29 is 53.7 Å². The Bertz CT molecular complexity index is 862. The van der Waals surface area contributed by atoms with Crippen LogP contribution in [-0.2, 0) is 38.4 Å². The van der Waals surface area contributed by atoms with E-state index in [1.54, 1.807) is 0 Å². The molecule has 4 unspecified atom stereocenters. The van der Waals surface area contributed by atoms with Crippen LogP contribution in [0.3, 0.4) is 0 Å². The Morgan fingerprint density at radius 3 is 1.34 bits per heavy atom. The van der Waals surface area contributed by atoms with E-state index in [9.17, 15) is 38.4 Å². The van der Waals surface area contributed by atoms with Crippen LogP contribution in [-0.4, -0.2) is 86.9 Å². The number of nitrogens with two attached hydrogens (primary N) is 3. The Morgan fingerprint density at radius 1 is 0.600 bits per heavy atom. The molecule has 0 fully saturated rings. The standard InChI is InChI=1S/C18H28N6O11/c19-7(1-3-13(27)28)15(31)23-9(5-11(20)25)17(33)24-10(6-12(21)26)16(32)22-8(18(34)35)2-4-14(29)30/h7-10H,1-6,19H2,(H2,20,25)(H2,21,26)(H,22,32)(H,23,31)(H,24,33)(H,27,28)(H,29,30)(H,34,35). The molecule has 0 aliphatic rings. The van der Waals surface area contributed by atoms with E-state index in [0.29, 0.717) is 0 Å². The molecule has 0 aromatic rings. The molecular formula is C18H28N6O11. The molecule has 0 saturated carbocycles. The molecule has 0 radical (unpaired) electrons. The van der Waals surface area contributed by atoms with Crippen molar-refractivity contribution in [1.29, 1.82) is 0 Å². The lowest BCUT2D eigenvalue weighted by Gasteiger charge is -2.24. The van der Waals surface area contributed by atoms with Crippen molar-refractivity contribution in [2.75, 3.05) is 0 Å². The van der Waals surface area contributed by atoms with Gasteiger partial charge in [-0.15, -0.1) is 0 Å². The first-order chi connectivity index (χ1) is 16.1. The van der Waals surface area contributed by atoms with E-state index < -0.39 is 104 Å². The maximum Gasteiger partial charge on any atom is 0.326 e. The lowest BCUT2D eigenvalue weighted by atomic mass is 10.1. The first-order valence-corrected chi connectivity index (χ1v) is 10.0. The number of carboxylic acid groups (broad SMARTS) is 3. The molecule has 35 heavy (non-hydrogen) atoms. The van der Waals surface area contributed by atoms with Crippen molar-refractivity contribution in [2.24, 2.45) is 17.2 Å². The van der Waals surface area contributed by atoms with Gasteiger partial charge in [0.05, 0.1) is 18.9 Å². The number of carbonyl (C=O) groups is 8. The van der Waals surface area contributed by atoms with E-state index in [1.165, 1.54) is 0 Å². The van der Waals surface area contributed by atoms with Gasteiger partial charge in [0.1, 0.15) is 18.1 Å². The smallest absolute Gasteiger partial charge is 0.326 e. The minimum absolute atomic E-state index is 0.300. The van der Waals surface area contributed by atoms with Gasteiger partial charge in [-0.05, 0) is 12.8 Å². The van der Waals surface area contributed by atoms with E-state index in [0.717, 1.165) is 0 Å². The molecule has 0 aliphatic heterocycles. The molecular weight excluding hydrogens is 476 g/mol. The predicted octanol–water partition coefficient (Wildman–Crippen LogP) is -4.67. The Hall–Kier alpha value is -4.28. The fourth-order valence-corrected chi connectivity index (χ4v) is 2.58. The highest BCUT2D eigenvalue weighted by Crippen LogP contribution is 2.03. The molecule has 17 nitrogen and oxygen atoms in total. The molecule has 0 aliphatic carbocycles. The van der Waals surface area contributed by atoms with Gasteiger partial charge in [0.2, 0.25) is 29.5 Å². The summed E-state index contributed by atoms with van der Waals surface area (Å²) in [6.07, 6.45) is -3.48. The van der Waals surface area contributed by atoms with Crippen molar-refractivity contribution in [2.45, 2.75) is 62.7 Å². The van der Waals surface area contributed by atoms with E-state index in [1.807, 2.05) is 10.6 Å². The topological polar surface area (TPSA) is 311 Å². The first kappa shape index (κ1) is 30.7. The lowest BCUT2D eigenvalue weighted by Crippen LogP contribution is -2.58. The molecule has 0 rings (SSSR count). The van der Waals surface area contributed by atoms with Gasteiger partial charge in [-0.2, -0.15) is 0 Å². The highest BCUT2D eigenvalue weighted by molar-refractivity contribution is 5.97. The van der Waals surface area contributed by atoms with Gasteiger partial charge < -0.3 is 48.5 Å². The van der Waals surface area contributed by atoms with Crippen LogP contribution in [0.5, 0.6) is 0 Å². The number of aliphatic carboxylic acids is 3. The van der Waals surface area contributed by atoms with Crippen LogP contribution in [0.25, 0.3) is 0 Å². The third kappa shape index (κ3) is 13.1. The van der Waals surface area contributed by atoms with Gasteiger partial charge >= 0.3 is 17.9 Å². The molecule has 196 valence electrons. The summed E-state index contributed by atoms with van der Waals surface area (Å²) >= 11 is 0. The second kappa shape index (κ2) is 14.8. The zero-order valence-corrected chi connectivity index (χ0v) is 18.4. The molecule has 5 amide bonds. The van der Waals surface area contributed by atoms with Crippen molar-refractivity contribution >= 4 is 47.4 Å². The maximum absolute atomic E-state index is 12.6. The molecule has 12 N–H and O–H groups in total. The van der Waals surface area contributed by atoms with Gasteiger partial charge in [-0.25, -0.2) is 4.79 Å². The van der Waals surface area contributed by atoms with Crippen LogP contribution in [0.15, 0.2) is 0 Å². The summed E-state index contributed by atoms with van der Waals surface area (Å²) in [6, 6.07) is -6.51. The van der Waals surface area contributed by atoms with Crippen LogP contribution < -0.4 is 33.2 Å². The van der Waals surface area contributed by atoms with Crippen LogP contribution in [0.1, 0.15) is 38.5 Å². The monoisotopic (exact) mass is 504 g/mol. The van der Waals surface area contributed by atoms with Crippen molar-refractivity contribution in [3.63, 3.8) is 0 Å². The highest BCUT2D eigenvalue weighted by Gasteiger charge is 2.32. The van der Waals surface area contributed by atoms with Crippen molar-refractivity contribution in [1.82, 2.24) is 16.0 Å². The minimum Gasteiger partial charge on any atom is -0.481 e. The van der Waals surface area contributed by atoms with Crippen LogP contribution in [0.2, 0.25) is 0 Å². The van der Waals surface area contributed by atoms with Crippen LogP contribution >= 0.6 is 0 Å². The summed E-state index contributed by atoms with van der Waals surface area (Å²) in [4.78, 5) is 92.6. The maximum atomic E-state index is 12.6. The number of nitrogens with one attached hydrogen (secondary N) is 3. The van der Waals surface area contributed by atoms with Crippen LogP contribution in [0.4, 0.5) is 0 Å². The summed E-state index contributed by atoms with van der Waals surface area (Å²) in [5, 5.41) is 32.6. The average Bonchev–Trinajstić information content (AvgIpc) is 2.72. The second-order valence-corrected chi connectivity index (χ2v) is 7.33. The Balaban J connectivity index is 5.53. The summed E-state index contributed by atoms with van der Waals surface area (Å²) in [5.74, 6) is -9.71. The normalized spacial score (nSPS) is 13.9. The molecule has 4 atom stereocenters. The van der Waals surface area contributed by atoms with Gasteiger partial charge in [0.25, 0.3) is 0 Å². The van der Waals surface area contributed by atoms with Crippen LogP contribution in [0, 0.1) is 0 Å². The summed E-state index contributed by atoms with van der Waals surface area (Å²) in [6.45, 7) is 0. The highest BCUT2D eigenvalue weighted by atomic mass is 16.4. The fraction of sp³-hybridized carbons (Fsp3) is 0.556. The van der Waals surface area contributed by atoms with E-state index in [-0.39, 0.29) is 6.42 Å². The zero-order valence-electron chi connectivity index (χ0n) is 18.4. The predicted molar refractivity (Wildman–Crippen MR) is 113 cm³/mol. The fourth-order valence-electron chi connectivity index (χ4n) is 2.58. The Kier molecular flexibility index (Phi) is 13.0. The summed E-state index contributed by atoms with van der Waals surface area (Å²) in [7, 11) is 0. The third-order valence-electron chi connectivity index (χ3n) is 4.34. The number of hydrogen-bond acceptors (Lipinski definition) is 9. The third-order valence-corrected chi connectivity index (χ3v) is 4.34. The molecule has 0 heterocycles. The van der Waals surface area contributed by atoms with Gasteiger partial charge in [0, 0.05) is 12.8 Å². The largest absolute Gasteiger partial charge is 0.481 e. The molecule has 0 saturated heterocycles. The number of carbonyl (C=O) groups excluding carboxylic acids is 5. The van der Waals surface area contributed by atoms with Crippen molar-refractivity contribution in [3.05, 3.63) is 0 Å². The number of primary amides is 2. The first-order valence-electron chi connectivity index (χ1n) is 10.0. The molecule has 0 bridgehead atoms. The number of amides is 5. The lowest BCUT2D eigenvalue weighted by molar-refractivity contribution is -0.144. The number of rotatable bonds is 17. The van der Waals surface area contributed by atoms with Gasteiger partial charge in [-0.1, -0.05) is 0 Å². The molecule has 17 heteroatoms. The molecule has 0 aromatic carbocycles. The summed E-state index contributed by atoms with van der Waals surface area (Å²) < 4.78 is 0. The van der Waals surface area contributed by atoms with E-state index in [2.05, 4.69) is 5.32 Å². The molecule has 0 spiro atoms. The quantitative estimate of drug-likeness (QED) is 0.0902. The molecule has 0 aromatic heterocycles. The SMILES string of the molecule is NC(=O)CC(NC(=O)C(N)CCC(=O)O)C(=O)NC(CC(N)=O)C(=O)NC(CCC(=O)O)C(=O)O. The Labute approximate surface area is 197 Å². The second-order valence-electron chi connectivity index (χ2n) is 7.33. The number of hydrogen-bond donors (Lipinski definition) is 9. The van der Waals surface area contributed by atoms with Crippen molar-refractivity contribution in [3.8, 4) is 0 Å². The number of carboxylic acids is 3. The minimum atomic E-state index is -1.76. The zero-order chi connectivity index (χ0) is 27.3. The van der Waals surface area contributed by atoms with Gasteiger partial charge in [0.15, 0.2) is 0 Å². The van der Waals surface area contributed by atoms with E-state index in [4.69, 9.17) is 32.5 Å².